The molecule has 3 nitrogen and oxygen atoms in total. The maximum absolute atomic E-state index is 13.6. The molecular weight excluding hydrogens is 207 g/mol. The number of nitrogens with zero attached hydrogens (tertiary/aromatic N) is 1. The topological polar surface area (TPSA) is 45.1 Å². The van der Waals surface area contributed by atoms with E-state index in [2.05, 4.69) is 10.3 Å². The monoisotopic (exact) mass is 220 g/mol. The van der Waals surface area contributed by atoms with Gasteiger partial charge in [-0.3, -0.25) is 4.98 Å². The molecule has 0 unspecified atom stereocenters. The molecule has 1 aromatic heterocycles. The van der Waals surface area contributed by atoms with Crippen molar-refractivity contribution >= 4 is 10.9 Å². The van der Waals surface area contributed by atoms with E-state index in [0.29, 0.717) is 24.2 Å². The largest absolute Gasteiger partial charge is 0.395 e. The summed E-state index contributed by atoms with van der Waals surface area (Å²) in [5.74, 6) is -0.267. The number of aliphatic hydroxyl groups excluding tert-OH is 1. The molecule has 0 bridgehead atoms. The molecule has 0 atom stereocenters. The average molecular weight is 220 g/mol. The van der Waals surface area contributed by atoms with Gasteiger partial charge in [-0.25, -0.2) is 4.39 Å². The van der Waals surface area contributed by atoms with Crippen molar-refractivity contribution in [1.29, 1.82) is 0 Å². The molecule has 0 amide bonds. The Morgan fingerprint density at radius 2 is 2.25 bits per heavy atom. The Kier molecular flexibility index (Phi) is 3.44. The summed E-state index contributed by atoms with van der Waals surface area (Å²) in [6, 6.07) is 6.94. The van der Waals surface area contributed by atoms with Crippen LogP contribution in [0.3, 0.4) is 0 Å². The van der Waals surface area contributed by atoms with Gasteiger partial charge in [0.2, 0.25) is 0 Å². The highest BCUT2D eigenvalue weighted by Gasteiger charge is 2.04. The fraction of sp³-hybridized carbons (Fsp3) is 0.250. The van der Waals surface area contributed by atoms with Gasteiger partial charge in [0, 0.05) is 36.3 Å². The Hall–Kier alpha value is -1.52. The second-order valence-corrected chi connectivity index (χ2v) is 3.54. The molecule has 2 N–H and O–H groups in total. The van der Waals surface area contributed by atoms with Crippen LogP contribution in [0.2, 0.25) is 0 Å². The number of fused-ring (bicyclic) bond motifs is 1. The minimum absolute atomic E-state index is 0.0523. The third-order valence-corrected chi connectivity index (χ3v) is 2.38. The number of aromatic nitrogens is 1. The SMILES string of the molecule is OCCNCc1cc2cccnc2cc1F. The number of benzene rings is 1. The van der Waals surface area contributed by atoms with Crippen molar-refractivity contribution in [1.82, 2.24) is 10.3 Å². The number of hydrogen-bond donors (Lipinski definition) is 2. The van der Waals surface area contributed by atoms with Crippen LogP contribution in [-0.2, 0) is 6.54 Å². The number of halogens is 1. The number of pyridine rings is 1. The Bertz CT molecular complexity index is 487. The van der Waals surface area contributed by atoms with Crippen molar-refractivity contribution in [2.75, 3.05) is 13.2 Å². The molecule has 1 aromatic carbocycles. The van der Waals surface area contributed by atoms with E-state index in [0.717, 1.165) is 5.39 Å². The van der Waals surface area contributed by atoms with E-state index >= 15 is 0 Å². The van der Waals surface area contributed by atoms with Crippen LogP contribution in [-0.4, -0.2) is 23.2 Å². The van der Waals surface area contributed by atoms with Gasteiger partial charge >= 0.3 is 0 Å². The van der Waals surface area contributed by atoms with Crippen LogP contribution >= 0.6 is 0 Å². The van der Waals surface area contributed by atoms with Crippen molar-refractivity contribution in [2.45, 2.75) is 6.54 Å². The lowest BCUT2D eigenvalue weighted by atomic mass is 10.1. The normalized spacial score (nSPS) is 10.9. The predicted molar refractivity (Wildman–Crippen MR) is 60.5 cm³/mol. The molecule has 84 valence electrons. The van der Waals surface area contributed by atoms with Crippen molar-refractivity contribution < 1.29 is 9.50 Å². The first-order chi connectivity index (χ1) is 7.81. The number of nitrogens with one attached hydrogen (secondary N) is 1. The van der Waals surface area contributed by atoms with Crippen molar-refractivity contribution in [3.8, 4) is 0 Å². The highest BCUT2D eigenvalue weighted by Crippen LogP contribution is 2.16. The molecule has 0 aliphatic carbocycles. The van der Waals surface area contributed by atoms with Gasteiger partial charge in [0.25, 0.3) is 0 Å². The third kappa shape index (κ3) is 2.35. The van der Waals surface area contributed by atoms with Gasteiger partial charge in [0.15, 0.2) is 0 Å². The molecule has 0 radical (unpaired) electrons. The van der Waals surface area contributed by atoms with Crippen LogP contribution in [0, 0.1) is 5.82 Å². The van der Waals surface area contributed by atoms with Gasteiger partial charge in [-0.2, -0.15) is 0 Å². The molecule has 1 heterocycles. The molecule has 2 aromatic rings. The summed E-state index contributed by atoms with van der Waals surface area (Å²) in [6.45, 7) is 0.929. The Morgan fingerprint density at radius 3 is 3.06 bits per heavy atom. The van der Waals surface area contributed by atoms with Crippen LogP contribution in [0.15, 0.2) is 30.5 Å². The first-order valence-electron chi connectivity index (χ1n) is 5.16. The summed E-state index contributed by atoms with van der Waals surface area (Å²) in [7, 11) is 0. The second kappa shape index (κ2) is 5.01. The van der Waals surface area contributed by atoms with Crippen molar-refractivity contribution in [3.63, 3.8) is 0 Å². The van der Waals surface area contributed by atoms with E-state index in [-0.39, 0.29) is 12.4 Å². The second-order valence-electron chi connectivity index (χ2n) is 3.54. The van der Waals surface area contributed by atoms with E-state index in [4.69, 9.17) is 5.11 Å². The first-order valence-corrected chi connectivity index (χ1v) is 5.16. The van der Waals surface area contributed by atoms with Crippen LogP contribution in [0.5, 0.6) is 0 Å². The fourth-order valence-corrected chi connectivity index (χ4v) is 1.58. The summed E-state index contributed by atoms with van der Waals surface area (Å²) >= 11 is 0. The summed E-state index contributed by atoms with van der Waals surface area (Å²) in [5.41, 5.74) is 1.25. The van der Waals surface area contributed by atoms with Gasteiger partial charge < -0.3 is 10.4 Å². The van der Waals surface area contributed by atoms with Crippen LogP contribution < -0.4 is 5.32 Å². The molecular formula is C12H13FN2O. The number of aliphatic hydroxyl groups is 1. The lowest BCUT2D eigenvalue weighted by Crippen LogP contribution is -2.18. The molecule has 4 heteroatoms. The maximum Gasteiger partial charge on any atom is 0.129 e. The molecule has 16 heavy (non-hydrogen) atoms. The zero-order valence-corrected chi connectivity index (χ0v) is 8.78. The summed E-state index contributed by atoms with van der Waals surface area (Å²) in [5, 5.41) is 12.5. The Labute approximate surface area is 92.9 Å². The smallest absolute Gasteiger partial charge is 0.129 e. The third-order valence-electron chi connectivity index (χ3n) is 2.38. The molecule has 0 spiro atoms. The van der Waals surface area contributed by atoms with Crippen molar-refractivity contribution in [2.24, 2.45) is 0 Å². The van der Waals surface area contributed by atoms with Gasteiger partial charge in [0.1, 0.15) is 5.82 Å². The fourth-order valence-electron chi connectivity index (χ4n) is 1.58. The molecule has 0 saturated heterocycles. The van der Waals surface area contributed by atoms with Gasteiger partial charge in [-0.05, 0) is 12.1 Å². The van der Waals surface area contributed by atoms with Crippen molar-refractivity contribution in [3.05, 3.63) is 41.8 Å². The predicted octanol–water partition coefficient (Wildman–Crippen LogP) is 1.46. The van der Waals surface area contributed by atoms with E-state index in [1.165, 1.54) is 6.07 Å². The first kappa shape index (κ1) is 11.0. The highest BCUT2D eigenvalue weighted by atomic mass is 19.1. The van der Waals surface area contributed by atoms with Gasteiger partial charge in [-0.15, -0.1) is 0 Å². The van der Waals surface area contributed by atoms with Crippen LogP contribution in [0.4, 0.5) is 4.39 Å². The summed E-state index contributed by atoms with van der Waals surface area (Å²) < 4.78 is 13.6. The Morgan fingerprint density at radius 1 is 1.38 bits per heavy atom. The minimum atomic E-state index is -0.267. The average Bonchev–Trinajstić information content (AvgIpc) is 2.30. The minimum Gasteiger partial charge on any atom is -0.395 e. The van der Waals surface area contributed by atoms with Crippen LogP contribution in [0.25, 0.3) is 10.9 Å². The number of hydrogen-bond acceptors (Lipinski definition) is 3. The maximum atomic E-state index is 13.6. The lowest BCUT2D eigenvalue weighted by molar-refractivity contribution is 0.291. The van der Waals surface area contributed by atoms with Gasteiger partial charge in [-0.1, -0.05) is 6.07 Å². The standard InChI is InChI=1S/C12H13FN2O/c13-11-7-12-9(2-1-3-15-12)6-10(11)8-14-4-5-16/h1-3,6-7,14,16H,4-5,8H2. The lowest BCUT2D eigenvalue weighted by Gasteiger charge is -2.06. The van der Waals surface area contributed by atoms with E-state index in [1.54, 1.807) is 12.3 Å². The number of rotatable bonds is 4. The zero-order valence-electron chi connectivity index (χ0n) is 8.78. The summed E-state index contributed by atoms with van der Waals surface area (Å²) in [6.07, 6.45) is 1.64. The molecule has 0 aliphatic heterocycles. The van der Waals surface area contributed by atoms with E-state index in [1.807, 2.05) is 12.1 Å². The molecule has 0 aliphatic rings. The Balaban J connectivity index is 2.27. The molecule has 2 rings (SSSR count). The highest BCUT2D eigenvalue weighted by molar-refractivity contribution is 5.79. The summed E-state index contributed by atoms with van der Waals surface area (Å²) in [4.78, 5) is 4.08. The molecule has 0 saturated carbocycles. The van der Waals surface area contributed by atoms with E-state index < -0.39 is 0 Å². The zero-order chi connectivity index (χ0) is 11.4. The van der Waals surface area contributed by atoms with E-state index in [9.17, 15) is 4.39 Å². The van der Waals surface area contributed by atoms with Crippen LogP contribution in [0.1, 0.15) is 5.56 Å². The molecule has 0 fully saturated rings. The quantitative estimate of drug-likeness (QED) is 0.767. The van der Waals surface area contributed by atoms with Gasteiger partial charge in [0.05, 0.1) is 12.1 Å².